The summed E-state index contributed by atoms with van der Waals surface area (Å²) in [7, 11) is -3.05. The zero-order valence-corrected chi connectivity index (χ0v) is 20.2. The predicted octanol–water partition coefficient (Wildman–Crippen LogP) is 5.33. The highest BCUT2D eigenvalue weighted by atomic mass is 32.2. The van der Waals surface area contributed by atoms with E-state index in [2.05, 4.69) is 4.98 Å². The van der Waals surface area contributed by atoms with Crippen LogP contribution in [0.2, 0.25) is 0 Å². The maximum absolute atomic E-state index is 13.6. The number of nitrogens with zero attached hydrogens (tertiary/aromatic N) is 2. The maximum atomic E-state index is 13.6. The number of aryl methyl sites for hydroxylation is 1. The first-order chi connectivity index (χ1) is 15.8. The molecule has 0 aliphatic rings. The fraction of sp³-hybridized carbons (Fsp3) is 0.273. The number of sulfonamides is 1. The number of alkyl halides is 3. The fourth-order valence-corrected chi connectivity index (χ4v) is 5.44. The van der Waals surface area contributed by atoms with Crippen LogP contribution in [0.3, 0.4) is 0 Å². The van der Waals surface area contributed by atoms with Crippen molar-refractivity contribution in [3.05, 3.63) is 65.2 Å². The molecule has 34 heavy (non-hydrogen) atoms. The Morgan fingerprint density at radius 3 is 2.24 bits per heavy atom. The molecule has 0 unspecified atom stereocenters. The van der Waals surface area contributed by atoms with Crippen molar-refractivity contribution in [2.45, 2.75) is 37.4 Å². The van der Waals surface area contributed by atoms with Crippen molar-refractivity contribution in [1.82, 2.24) is 4.98 Å². The van der Waals surface area contributed by atoms with Gasteiger partial charge >= 0.3 is 12.1 Å². The summed E-state index contributed by atoms with van der Waals surface area (Å²) >= 11 is 1.02. The van der Waals surface area contributed by atoms with E-state index in [-0.39, 0.29) is 21.5 Å². The molecule has 0 aliphatic carbocycles. The second-order valence-corrected chi connectivity index (χ2v) is 10.3. The number of rotatable bonds is 7. The van der Waals surface area contributed by atoms with Crippen LogP contribution < -0.4 is 9.04 Å². The molecule has 0 spiro atoms. The average molecular weight is 515 g/mol. The topological polar surface area (TPSA) is 85.8 Å². The van der Waals surface area contributed by atoms with E-state index in [1.54, 1.807) is 12.3 Å². The van der Waals surface area contributed by atoms with Crippen LogP contribution in [0.15, 0.2) is 58.9 Å². The monoisotopic (exact) mass is 514 g/mol. The Balaban J connectivity index is 2.03. The lowest BCUT2D eigenvalue weighted by molar-refractivity contribution is -0.156. The minimum atomic E-state index is -4.56. The van der Waals surface area contributed by atoms with Crippen molar-refractivity contribution in [3.63, 3.8) is 0 Å². The van der Waals surface area contributed by atoms with Crippen molar-refractivity contribution in [3.8, 4) is 5.75 Å². The van der Waals surface area contributed by atoms with Crippen LogP contribution in [0.1, 0.15) is 25.0 Å². The quantitative estimate of drug-likeness (QED) is 0.397. The summed E-state index contributed by atoms with van der Waals surface area (Å²) in [5.74, 6) is -0.342. The van der Waals surface area contributed by atoms with Crippen molar-refractivity contribution < 1.29 is 35.9 Å². The first-order valence-electron chi connectivity index (χ1n) is 9.77. The van der Waals surface area contributed by atoms with Gasteiger partial charge in [-0.2, -0.15) is 13.2 Å². The highest BCUT2D eigenvalue weighted by Crippen LogP contribution is 2.37. The molecule has 1 heterocycles. The largest absolute Gasteiger partial charge is 0.476 e. The lowest BCUT2D eigenvalue weighted by atomic mass is 10.1. The molecular weight excluding hydrogens is 493 g/mol. The zero-order chi connectivity index (χ0) is 25.3. The number of thiazole rings is 1. The number of ether oxygens (including phenoxy) is 2. The van der Waals surface area contributed by atoms with Gasteiger partial charge in [-0.25, -0.2) is 22.5 Å². The Morgan fingerprint density at radius 1 is 1.09 bits per heavy atom. The summed E-state index contributed by atoms with van der Waals surface area (Å²) in [6, 6.07) is 7.80. The van der Waals surface area contributed by atoms with Crippen LogP contribution in [0.5, 0.6) is 5.75 Å². The van der Waals surface area contributed by atoms with Crippen LogP contribution in [0.4, 0.5) is 24.0 Å². The SMILES string of the molecule is COC(=O)C(C)(C)Oc1ccc(S(=O)(=O)N(c2ccc(C(F)(F)F)cc2)c2nccs2)cc1C. The second kappa shape index (κ2) is 9.26. The summed E-state index contributed by atoms with van der Waals surface area (Å²) in [5.41, 5.74) is -1.80. The zero-order valence-electron chi connectivity index (χ0n) is 18.6. The van der Waals surface area contributed by atoms with E-state index in [4.69, 9.17) is 9.47 Å². The molecule has 7 nitrogen and oxygen atoms in total. The molecule has 0 fully saturated rings. The van der Waals surface area contributed by atoms with Crippen LogP contribution in [0.25, 0.3) is 0 Å². The minimum Gasteiger partial charge on any atom is -0.476 e. The molecule has 3 aromatic rings. The summed E-state index contributed by atoms with van der Waals surface area (Å²) in [4.78, 5) is 15.8. The number of carbonyl (C=O) groups is 1. The molecule has 0 radical (unpaired) electrons. The van der Waals surface area contributed by atoms with Gasteiger partial charge in [-0.15, -0.1) is 11.3 Å². The lowest BCUT2D eigenvalue weighted by Gasteiger charge is -2.25. The number of halogens is 3. The van der Waals surface area contributed by atoms with E-state index >= 15 is 0 Å². The molecule has 3 rings (SSSR count). The molecule has 2 aromatic carbocycles. The van der Waals surface area contributed by atoms with Gasteiger partial charge in [0.25, 0.3) is 10.0 Å². The van der Waals surface area contributed by atoms with Gasteiger partial charge in [-0.3, -0.25) is 0 Å². The normalized spacial score (nSPS) is 12.3. The Kier molecular flexibility index (Phi) is 6.94. The third-order valence-corrected chi connectivity index (χ3v) is 7.34. The maximum Gasteiger partial charge on any atom is 0.416 e. The molecule has 0 atom stereocenters. The van der Waals surface area contributed by atoms with Gasteiger partial charge in [0.1, 0.15) is 5.75 Å². The Labute approximate surface area is 198 Å². The third kappa shape index (κ3) is 5.17. The highest BCUT2D eigenvalue weighted by molar-refractivity contribution is 7.93. The van der Waals surface area contributed by atoms with Gasteiger partial charge in [0.05, 0.1) is 23.3 Å². The number of hydrogen-bond acceptors (Lipinski definition) is 7. The number of hydrogen-bond donors (Lipinski definition) is 0. The number of methoxy groups -OCH3 is 1. The van der Waals surface area contributed by atoms with Crippen molar-refractivity contribution in [1.29, 1.82) is 0 Å². The molecule has 12 heteroatoms. The average Bonchev–Trinajstić information content (AvgIpc) is 3.28. The third-order valence-electron chi connectivity index (χ3n) is 4.75. The van der Waals surface area contributed by atoms with Crippen molar-refractivity contribution in [2.24, 2.45) is 0 Å². The Hall–Kier alpha value is -3.12. The number of benzene rings is 2. The smallest absolute Gasteiger partial charge is 0.416 e. The van der Waals surface area contributed by atoms with E-state index in [9.17, 15) is 26.4 Å². The molecule has 0 saturated carbocycles. The standard InChI is InChI=1S/C22H21F3N2O5S2/c1-14-13-17(9-10-18(14)32-21(2,3)19(28)31-4)34(29,30)27(20-26-11-12-33-20)16-7-5-15(6-8-16)22(23,24)25/h5-13H,1-4H3. The number of anilines is 2. The predicted molar refractivity (Wildman–Crippen MR) is 121 cm³/mol. The molecular formula is C22H21F3N2O5S2. The first kappa shape index (κ1) is 25.5. The minimum absolute atomic E-state index is 0.00671. The molecule has 0 bridgehead atoms. The molecule has 182 valence electrons. The molecule has 0 saturated heterocycles. The number of carbonyl (C=O) groups excluding carboxylic acids is 1. The highest BCUT2D eigenvalue weighted by Gasteiger charge is 2.34. The van der Waals surface area contributed by atoms with Gasteiger partial charge in [-0.05, 0) is 68.8 Å². The van der Waals surface area contributed by atoms with Gasteiger partial charge in [-0.1, -0.05) is 0 Å². The molecule has 0 aliphatic heterocycles. The first-order valence-corrected chi connectivity index (χ1v) is 12.1. The van der Waals surface area contributed by atoms with Crippen LogP contribution in [-0.2, 0) is 25.7 Å². The van der Waals surface area contributed by atoms with Gasteiger partial charge in [0.15, 0.2) is 5.60 Å². The summed E-state index contributed by atoms with van der Waals surface area (Å²) in [5, 5.41) is 1.61. The van der Waals surface area contributed by atoms with Gasteiger partial charge < -0.3 is 9.47 Å². The summed E-state index contributed by atoms with van der Waals surface area (Å²) in [6.07, 6.45) is -3.17. The second-order valence-electron chi connectivity index (χ2n) is 7.66. The molecule has 0 amide bonds. The van der Waals surface area contributed by atoms with E-state index < -0.39 is 33.3 Å². The van der Waals surface area contributed by atoms with Crippen LogP contribution >= 0.6 is 11.3 Å². The number of esters is 1. The summed E-state index contributed by atoms with van der Waals surface area (Å²) < 4.78 is 77.4. The fourth-order valence-electron chi connectivity index (χ4n) is 3.02. The van der Waals surface area contributed by atoms with E-state index in [0.717, 1.165) is 39.9 Å². The van der Waals surface area contributed by atoms with E-state index in [1.807, 2.05) is 0 Å². The van der Waals surface area contributed by atoms with Gasteiger partial charge in [0.2, 0.25) is 5.13 Å². The molecule has 1 aromatic heterocycles. The van der Waals surface area contributed by atoms with E-state index in [0.29, 0.717) is 5.56 Å². The lowest BCUT2D eigenvalue weighted by Crippen LogP contribution is -2.39. The van der Waals surface area contributed by atoms with Crippen LogP contribution in [-0.4, -0.2) is 32.1 Å². The Bertz CT molecular complexity index is 1270. The van der Waals surface area contributed by atoms with Crippen molar-refractivity contribution >= 4 is 38.1 Å². The van der Waals surface area contributed by atoms with E-state index in [1.165, 1.54) is 45.4 Å². The summed E-state index contributed by atoms with van der Waals surface area (Å²) in [6.45, 7) is 4.63. The number of aromatic nitrogens is 1. The molecule has 0 N–H and O–H groups in total. The Morgan fingerprint density at radius 2 is 1.74 bits per heavy atom. The van der Waals surface area contributed by atoms with Gasteiger partial charge in [0, 0.05) is 11.6 Å². The van der Waals surface area contributed by atoms with Crippen LogP contribution in [0, 0.1) is 6.92 Å². The van der Waals surface area contributed by atoms with Crippen molar-refractivity contribution in [2.75, 3.05) is 11.4 Å².